The zero-order valence-corrected chi connectivity index (χ0v) is 16.4. The van der Waals surface area contributed by atoms with Crippen LogP contribution in [0.15, 0.2) is 48.5 Å². The van der Waals surface area contributed by atoms with Crippen LogP contribution in [-0.2, 0) is 14.9 Å². The van der Waals surface area contributed by atoms with Gasteiger partial charge in [-0.05, 0) is 53.8 Å². The molecule has 0 atom stereocenters. The minimum absolute atomic E-state index is 0.0744. The van der Waals surface area contributed by atoms with Gasteiger partial charge in [0.05, 0.1) is 12.2 Å². The third kappa shape index (κ3) is 6.44. The van der Waals surface area contributed by atoms with E-state index in [1.165, 1.54) is 5.56 Å². The van der Waals surface area contributed by atoms with E-state index >= 15 is 0 Å². The fourth-order valence-corrected chi connectivity index (χ4v) is 2.36. The summed E-state index contributed by atoms with van der Waals surface area (Å²) in [6.45, 7) is 8.68. The maximum absolute atomic E-state index is 12.0. The molecule has 0 aliphatic rings. The average Bonchev–Trinajstić information content (AvgIpc) is 2.64. The SMILES string of the molecule is CCCOC(=O)c1ccc(NC(=O)COc2ccc(C(C)(C)C)cc2)cc1. The zero-order valence-electron chi connectivity index (χ0n) is 16.4. The summed E-state index contributed by atoms with van der Waals surface area (Å²) in [5, 5.41) is 2.74. The van der Waals surface area contributed by atoms with E-state index in [-0.39, 0.29) is 23.9 Å². The molecule has 0 unspecified atom stereocenters. The van der Waals surface area contributed by atoms with Crippen LogP contribution in [0.1, 0.15) is 50.0 Å². The van der Waals surface area contributed by atoms with Crippen LogP contribution in [0.5, 0.6) is 5.75 Å². The fraction of sp³-hybridized carbons (Fsp3) is 0.364. The molecular formula is C22H27NO4. The molecule has 1 amide bonds. The Bertz CT molecular complexity index is 758. The monoisotopic (exact) mass is 369 g/mol. The summed E-state index contributed by atoms with van der Waals surface area (Å²) in [5.41, 5.74) is 2.33. The van der Waals surface area contributed by atoms with Gasteiger partial charge in [0.25, 0.3) is 5.91 Å². The first kappa shape index (κ1) is 20.5. The molecule has 0 spiro atoms. The van der Waals surface area contributed by atoms with Gasteiger partial charge < -0.3 is 14.8 Å². The van der Waals surface area contributed by atoms with Gasteiger partial charge in [-0.1, -0.05) is 39.8 Å². The van der Waals surface area contributed by atoms with Crippen LogP contribution < -0.4 is 10.1 Å². The van der Waals surface area contributed by atoms with Crippen molar-refractivity contribution in [3.8, 4) is 5.75 Å². The number of ether oxygens (including phenoxy) is 2. The highest BCUT2D eigenvalue weighted by molar-refractivity contribution is 5.93. The predicted molar refractivity (Wildman–Crippen MR) is 106 cm³/mol. The van der Waals surface area contributed by atoms with Gasteiger partial charge in [-0.3, -0.25) is 4.79 Å². The van der Waals surface area contributed by atoms with Gasteiger partial charge in [0.2, 0.25) is 0 Å². The van der Waals surface area contributed by atoms with Gasteiger partial charge in [0, 0.05) is 5.69 Å². The summed E-state index contributed by atoms with van der Waals surface area (Å²) in [5.74, 6) is 0.0140. The molecule has 0 saturated heterocycles. The maximum Gasteiger partial charge on any atom is 0.338 e. The van der Waals surface area contributed by atoms with Gasteiger partial charge in [-0.2, -0.15) is 0 Å². The maximum atomic E-state index is 12.0. The lowest BCUT2D eigenvalue weighted by molar-refractivity contribution is -0.118. The van der Waals surface area contributed by atoms with Crippen LogP contribution in [0.2, 0.25) is 0 Å². The van der Waals surface area contributed by atoms with Crippen LogP contribution in [0.3, 0.4) is 0 Å². The molecule has 0 aliphatic carbocycles. The number of hydrogen-bond acceptors (Lipinski definition) is 4. The second kappa shape index (κ2) is 9.21. The topological polar surface area (TPSA) is 64.6 Å². The highest BCUT2D eigenvalue weighted by Gasteiger charge is 2.13. The van der Waals surface area contributed by atoms with Crippen LogP contribution >= 0.6 is 0 Å². The molecule has 2 aromatic rings. The Morgan fingerprint density at radius 1 is 0.963 bits per heavy atom. The van der Waals surface area contributed by atoms with E-state index in [2.05, 4.69) is 26.1 Å². The van der Waals surface area contributed by atoms with Gasteiger partial charge in [0.15, 0.2) is 6.61 Å². The summed E-state index contributed by atoms with van der Waals surface area (Å²) in [7, 11) is 0. The first-order valence-electron chi connectivity index (χ1n) is 9.10. The number of amides is 1. The Morgan fingerprint density at radius 3 is 2.15 bits per heavy atom. The number of anilines is 1. The summed E-state index contributed by atoms with van der Waals surface area (Å²) in [6, 6.07) is 14.3. The largest absolute Gasteiger partial charge is 0.484 e. The number of nitrogens with one attached hydrogen (secondary N) is 1. The molecule has 5 heteroatoms. The Morgan fingerprint density at radius 2 is 1.59 bits per heavy atom. The molecule has 144 valence electrons. The Hall–Kier alpha value is -2.82. The summed E-state index contributed by atoms with van der Waals surface area (Å²) in [6.07, 6.45) is 0.777. The molecule has 1 N–H and O–H groups in total. The minimum atomic E-state index is -0.364. The Kier molecular flexibility index (Phi) is 6.99. The molecule has 0 saturated carbocycles. The standard InChI is InChI=1S/C22H27NO4/c1-5-14-26-21(25)16-6-10-18(11-7-16)23-20(24)15-27-19-12-8-17(9-13-19)22(2,3)4/h6-13H,5,14-15H2,1-4H3,(H,23,24). The van der Waals surface area contributed by atoms with E-state index in [0.717, 1.165) is 6.42 Å². The van der Waals surface area contributed by atoms with Crippen molar-refractivity contribution in [1.82, 2.24) is 0 Å². The van der Waals surface area contributed by atoms with Crippen molar-refractivity contribution in [3.05, 3.63) is 59.7 Å². The van der Waals surface area contributed by atoms with Crippen LogP contribution in [0, 0.1) is 0 Å². The van der Waals surface area contributed by atoms with Crippen molar-refractivity contribution >= 4 is 17.6 Å². The third-order valence-corrected chi connectivity index (χ3v) is 3.93. The van der Waals surface area contributed by atoms with E-state index < -0.39 is 0 Å². The smallest absolute Gasteiger partial charge is 0.338 e. The van der Waals surface area contributed by atoms with Gasteiger partial charge in [-0.15, -0.1) is 0 Å². The molecule has 2 rings (SSSR count). The molecule has 0 heterocycles. The first-order valence-corrected chi connectivity index (χ1v) is 9.10. The van der Waals surface area contributed by atoms with Crippen LogP contribution in [-0.4, -0.2) is 25.1 Å². The predicted octanol–water partition coefficient (Wildman–Crippen LogP) is 4.57. The highest BCUT2D eigenvalue weighted by Crippen LogP contribution is 2.24. The van der Waals surface area contributed by atoms with Gasteiger partial charge >= 0.3 is 5.97 Å². The molecule has 2 aromatic carbocycles. The van der Waals surface area contributed by atoms with Crippen molar-refractivity contribution in [1.29, 1.82) is 0 Å². The fourth-order valence-electron chi connectivity index (χ4n) is 2.36. The lowest BCUT2D eigenvalue weighted by atomic mass is 9.87. The normalized spacial score (nSPS) is 11.0. The Balaban J connectivity index is 1.84. The zero-order chi connectivity index (χ0) is 19.9. The van der Waals surface area contributed by atoms with E-state index in [9.17, 15) is 9.59 Å². The Labute approximate surface area is 160 Å². The molecule has 0 aromatic heterocycles. The molecule has 5 nitrogen and oxygen atoms in total. The highest BCUT2D eigenvalue weighted by atomic mass is 16.5. The lowest BCUT2D eigenvalue weighted by Crippen LogP contribution is -2.20. The van der Waals surface area contributed by atoms with Crippen LogP contribution in [0.25, 0.3) is 0 Å². The van der Waals surface area contributed by atoms with E-state index in [1.807, 2.05) is 31.2 Å². The van der Waals surface area contributed by atoms with E-state index in [4.69, 9.17) is 9.47 Å². The van der Waals surface area contributed by atoms with Gasteiger partial charge in [-0.25, -0.2) is 4.79 Å². The second-order valence-electron chi connectivity index (χ2n) is 7.32. The lowest BCUT2D eigenvalue weighted by Gasteiger charge is -2.19. The van der Waals surface area contributed by atoms with E-state index in [1.54, 1.807) is 24.3 Å². The molecule has 27 heavy (non-hydrogen) atoms. The summed E-state index contributed by atoms with van der Waals surface area (Å²) >= 11 is 0. The molecule has 0 radical (unpaired) electrons. The van der Waals surface area contributed by atoms with E-state index in [0.29, 0.717) is 23.6 Å². The third-order valence-electron chi connectivity index (χ3n) is 3.93. The molecule has 0 bridgehead atoms. The summed E-state index contributed by atoms with van der Waals surface area (Å²) in [4.78, 5) is 23.8. The minimum Gasteiger partial charge on any atom is -0.484 e. The van der Waals surface area contributed by atoms with Crippen molar-refractivity contribution in [2.75, 3.05) is 18.5 Å². The summed E-state index contributed by atoms with van der Waals surface area (Å²) < 4.78 is 10.6. The number of benzene rings is 2. The van der Waals surface area contributed by atoms with Crippen molar-refractivity contribution in [2.24, 2.45) is 0 Å². The number of esters is 1. The number of hydrogen-bond donors (Lipinski definition) is 1. The number of carbonyl (C=O) groups is 2. The van der Waals surface area contributed by atoms with Gasteiger partial charge in [0.1, 0.15) is 5.75 Å². The number of carbonyl (C=O) groups excluding carboxylic acids is 2. The molecule has 0 aliphatic heterocycles. The van der Waals surface area contributed by atoms with Crippen molar-refractivity contribution < 1.29 is 19.1 Å². The van der Waals surface area contributed by atoms with Crippen molar-refractivity contribution in [2.45, 2.75) is 39.5 Å². The molecule has 0 fully saturated rings. The second-order valence-corrected chi connectivity index (χ2v) is 7.32. The quantitative estimate of drug-likeness (QED) is 0.726. The first-order chi connectivity index (χ1) is 12.8. The average molecular weight is 369 g/mol. The van der Waals surface area contributed by atoms with Crippen molar-refractivity contribution in [3.63, 3.8) is 0 Å². The molecular weight excluding hydrogens is 342 g/mol. The number of rotatable bonds is 7. The van der Waals surface area contributed by atoms with Crippen LogP contribution in [0.4, 0.5) is 5.69 Å².